The Morgan fingerprint density at radius 3 is 2.43 bits per heavy atom. The molecule has 1 aliphatic heterocycles. The number of urea groups is 1. The zero-order chi connectivity index (χ0) is 24.9. The molecule has 1 atom stereocenters. The number of ether oxygens (including phenoxy) is 1. The van der Waals surface area contributed by atoms with Crippen molar-refractivity contribution in [1.29, 1.82) is 0 Å². The molecule has 1 aromatic heterocycles. The average Bonchev–Trinajstić information content (AvgIpc) is 3.29. The van der Waals surface area contributed by atoms with Crippen LogP contribution in [0.2, 0.25) is 0 Å². The van der Waals surface area contributed by atoms with Crippen molar-refractivity contribution in [2.45, 2.75) is 32.7 Å². The molecule has 7 nitrogen and oxygen atoms in total. The molecule has 1 fully saturated rings. The number of imide groups is 2. The van der Waals surface area contributed by atoms with Crippen molar-refractivity contribution >= 4 is 29.6 Å². The van der Waals surface area contributed by atoms with E-state index < -0.39 is 23.7 Å². The molecule has 2 heterocycles. The summed E-state index contributed by atoms with van der Waals surface area (Å²) in [5.74, 6) is -0.815. The molecule has 35 heavy (non-hydrogen) atoms. The molecule has 4 amide bonds. The highest BCUT2D eigenvalue weighted by molar-refractivity contribution is 6.39. The number of hydrogen-bond donors (Lipinski definition) is 1. The predicted molar refractivity (Wildman–Crippen MR) is 130 cm³/mol. The smallest absolute Gasteiger partial charge is 0.335 e. The first-order valence-corrected chi connectivity index (χ1v) is 11.4. The summed E-state index contributed by atoms with van der Waals surface area (Å²) >= 11 is 0. The molecule has 8 heteroatoms. The lowest BCUT2D eigenvalue weighted by Gasteiger charge is -2.26. The summed E-state index contributed by atoms with van der Waals surface area (Å²) < 4.78 is 21.0. The number of hydrogen-bond acceptors (Lipinski definition) is 4. The van der Waals surface area contributed by atoms with Crippen LogP contribution in [-0.2, 0) is 16.1 Å². The van der Waals surface area contributed by atoms with Gasteiger partial charge < -0.3 is 9.30 Å². The highest BCUT2D eigenvalue weighted by Crippen LogP contribution is 2.23. The number of carbonyl (C=O) groups is 3. The minimum atomic E-state index is -0.883. The van der Waals surface area contributed by atoms with E-state index in [2.05, 4.69) is 31.3 Å². The zero-order valence-electron chi connectivity index (χ0n) is 19.5. The van der Waals surface area contributed by atoms with E-state index in [0.717, 1.165) is 29.2 Å². The summed E-state index contributed by atoms with van der Waals surface area (Å²) in [6.45, 7) is 5.20. The molecule has 0 bridgehead atoms. The van der Waals surface area contributed by atoms with E-state index in [4.69, 9.17) is 4.74 Å². The normalized spacial score (nSPS) is 15.9. The quantitative estimate of drug-likeness (QED) is 0.372. The Balaban J connectivity index is 1.47. The second kappa shape index (κ2) is 10.4. The summed E-state index contributed by atoms with van der Waals surface area (Å²) in [5.41, 5.74) is 1.83. The lowest BCUT2D eigenvalue weighted by atomic mass is 9.99. The molecule has 3 aromatic rings. The zero-order valence-corrected chi connectivity index (χ0v) is 19.5. The molecule has 1 unspecified atom stereocenters. The Morgan fingerprint density at radius 1 is 1.03 bits per heavy atom. The monoisotopic (exact) mass is 475 g/mol. The molecule has 1 aliphatic rings. The number of halogens is 1. The number of aromatic nitrogens is 1. The predicted octanol–water partition coefficient (Wildman–Crippen LogP) is 4.89. The van der Waals surface area contributed by atoms with Gasteiger partial charge in [-0.25, -0.2) is 14.1 Å². The maximum absolute atomic E-state index is 13.3. The standard InChI is InChI=1S/C27H26FN3O4/c1-3-18(2)19-6-12-23(13-7-19)35-16-15-30-14-4-5-22(30)17-24-25(32)29-27(34)31(26(24)33)21-10-8-20(28)9-11-21/h4-14,17-18H,3,15-16H2,1-2H3,(H,29,32,34)/b24-17+. The van der Waals surface area contributed by atoms with E-state index in [1.807, 2.05) is 22.9 Å². The van der Waals surface area contributed by atoms with Gasteiger partial charge in [-0.3, -0.25) is 14.9 Å². The van der Waals surface area contributed by atoms with Crippen molar-refractivity contribution in [2.75, 3.05) is 11.5 Å². The maximum atomic E-state index is 13.3. The van der Waals surface area contributed by atoms with Gasteiger partial charge in [0.1, 0.15) is 23.7 Å². The largest absolute Gasteiger partial charge is 0.492 e. The van der Waals surface area contributed by atoms with Crippen molar-refractivity contribution in [3.63, 3.8) is 0 Å². The number of barbiturate groups is 1. The first-order valence-electron chi connectivity index (χ1n) is 11.4. The third-order valence-corrected chi connectivity index (χ3v) is 6.01. The topological polar surface area (TPSA) is 80.6 Å². The first-order chi connectivity index (χ1) is 16.9. The Morgan fingerprint density at radius 2 is 1.74 bits per heavy atom. The fourth-order valence-electron chi connectivity index (χ4n) is 3.78. The molecule has 0 aliphatic carbocycles. The Kier molecular flexibility index (Phi) is 7.10. The number of rotatable bonds is 8. The summed E-state index contributed by atoms with van der Waals surface area (Å²) in [5, 5.41) is 2.17. The van der Waals surface area contributed by atoms with Crippen LogP contribution in [0.3, 0.4) is 0 Å². The summed E-state index contributed by atoms with van der Waals surface area (Å²) in [6.07, 6.45) is 4.32. The number of carbonyl (C=O) groups excluding carboxylic acids is 3. The van der Waals surface area contributed by atoms with E-state index in [-0.39, 0.29) is 11.3 Å². The molecule has 0 saturated carbocycles. The first kappa shape index (κ1) is 23.9. The van der Waals surface area contributed by atoms with Gasteiger partial charge in [0.25, 0.3) is 11.8 Å². The van der Waals surface area contributed by atoms with E-state index in [9.17, 15) is 18.8 Å². The number of benzene rings is 2. The Bertz CT molecular complexity index is 1260. The minimum absolute atomic E-state index is 0.162. The number of amides is 4. The van der Waals surface area contributed by atoms with Gasteiger partial charge in [0.2, 0.25) is 0 Å². The highest BCUT2D eigenvalue weighted by Gasteiger charge is 2.37. The molecular weight excluding hydrogens is 449 g/mol. The number of nitrogens with zero attached hydrogens (tertiary/aromatic N) is 2. The van der Waals surface area contributed by atoms with Crippen LogP contribution in [0.4, 0.5) is 14.9 Å². The highest BCUT2D eigenvalue weighted by atomic mass is 19.1. The van der Waals surface area contributed by atoms with Crippen LogP contribution < -0.4 is 15.0 Å². The molecule has 1 saturated heterocycles. The van der Waals surface area contributed by atoms with Crippen LogP contribution in [0, 0.1) is 5.82 Å². The third-order valence-electron chi connectivity index (χ3n) is 6.01. The van der Waals surface area contributed by atoms with Crippen LogP contribution in [0.1, 0.15) is 37.4 Å². The van der Waals surface area contributed by atoms with Crippen LogP contribution >= 0.6 is 0 Å². The maximum Gasteiger partial charge on any atom is 0.335 e. The van der Waals surface area contributed by atoms with E-state index in [1.165, 1.54) is 23.8 Å². The van der Waals surface area contributed by atoms with Crippen molar-refractivity contribution in [3.8, 4) is 5.75 Å². The fraction of sp³-hybridized carbons (Fsp3) is 0.222. The molecule has 2 aromatic carbocycles. The SMILES string of the molecule is CCC(C)c1ccc(OCCn2cccc2/C=C2\C(=O)NC(=O)N(c3ccc(F)cc3)C2=O)cc1. The van der Waals surface area contributed by atoms with Gasteiger partial charge in [-0.1, -0.05) is 26.0 Å². The number of nitrogens with one attached hydrogen (secondary N) is 1. The van der Waals surface area contributed by atoms with Crippen molar-refractivity contribution in [2.24, 2.45) is 0 Å². The van der Waals surface area contributed by atoms with Crippen molar-refractivity contribution in [1.82, 2.24) is 9.88 Å². The average molecular weight is 476 g/mol. The molecule has 180 valence electrons. The van der Waals surface area contributed by atoms with Crippen LogP contribution in [-0.4, -0.2) is 29.0 Å². The molecule has 4 rings (SSSR count). The summed E-state index contributed by atoms with van der Waals surface area (Å²) in [6, 6.07) is 15.6. The Hall–Kier alpha value is -4.20. The van der Waals surface area contributed by atoms with Gasteiger partial charge in [-0.05, 0) is 72.5 Å². The van der Waals surface area contributed by atoms with Crippen LogP contribution in [0.25, 0.3) is 6.08 Å². The Labute approximate surface area is 202 Å². The molecule has 0 radical (unpaired) electrons. The van der Waals surface area contributed by atoms with E-state index in [1.54, 1.807) is 12.1 Å². The van der Waals surface area contributed by atoms with E-state index in [0.29, 0.717) is 24.8 Å². The van der Waals surface area contributed by atoms with Gasteiger partial charge in [0.15, 0.2) is 0 Å². The van der Waals surface area contributed by atoms with E-state index >= 15 is 0 Å². The number of anilines is 1. The van der Waals surface area contributed by atoms with Gasteiger partial charge in [-0.15, -0.1) is 0 Å². The van der Waals surface area contributed by atoms with Crippen LogP contribution in [0.5, 0.6) is 5.75 Å². The van der Waals surface area contributed by atoms with Crippen LogP contribution in [0.15, 0.2) is 72.4 Å². The summed E-state index contributed by atoms with van der Waals surface area (Å²) in [7, 11) is 0. The lowest BCUT2D eigenvalue weighted by Crippen LogP contribution is -2.54. The van der Waals surface area contributed by atoms with Gasteiger partial charge in [0, 0.05) is 11.9 Å². The second-order valence-electron chi connectivity index (χ2n) is 8.29. The fourth-order valence-corrected chi connectivity index (χ4v) is 3.78. The van der Waals surface area contributed by atoms with Gasteiger partial charge in [0.05, 0.1) is 12.2 Å². The van der Waals surface area contributed by atoms with Crippen molar-refractivity contribution < 1.29 is 23.5 Å². The summed E-state index contributed by atoms with van der Waals surface area (Å²) in [4.78, 5) is 38.6. The minimum Gasteiger partial charge on any atom is -0.492 e. The van der Waals surface area contributed by atoms with Gasteiger partial charge in [-0.2, -0.15) is 0 Å². The second-order valence-corrected chi connectivity index (χ2v) is 8.29. The third kappa shape index (κ3) is 5.32. The molecule has 0 spiro atoms. The lowest BCUT2D eigenvalue weighted by molar-refractivity contribution is -0.122. The van der Waals surface area contributed by atoms with Gasteiger partial charge >= 0.3 is 6.03 Å². The molecule has 1 N–H and O–H groups in total. The van der Waals surface area contributed by atoms with Crippen molar-refractivity contribution in [3.05, 3.63) is 89.5 Å². The molecular formula is C27H26FN3O4.